The van der Waals surface area contributed by atoms with E-state index >= 15 is 0 Å². The first-order valence-corrected chi connectivity index (χ1v) is 10.4. The number of halogens is 1. The van der Waals surface area contributed by atoms with E-state index in [0.717, 1.165) is 0 Å². The van der Waals surface area contributed by atoms with Crippen LogP contribution in [-0.4, -0.2) is 19.9 Å². The molecule has 2 nitrogen and oxygen atoms in total. The highest BCUT2D eigenvalue weighted by Crippen LogP contribution is 2.36. The van der Waals surface area contributed by atoms with E-state index in [9.17, 15) is 0 Å². The number of nitrogens with zero attached hydrogens (tertiary/aromatic N) is 1. The van der Waals surface area contributed by atoms with Crippen molar-refractivity contribution in [3.05, 3.63) is 35.9 Å². The molecule has 0 aromatic heterocycles. The van der Waals surface area contributed by atoms with Gasteiger partial charge in [-0.2, -0.15) is 0 Å². The van der Waals surface area contributed by atoms with Gasteiger partial charge < -0.3 is 4.53 Å². The highest BCUT2D eigenvalue weighted by molar-refractivity contribution is 6.74. The van der Waals surface area contributed by atoms with E-state index in [0.29, 0.717) is 0 Å². The first kappa shape index (κ1) is 17.2. The Balaban J connectivity index is 2.63. The van der Waals surface area contributed by atoms with E-state index in [-0.39, 0.29) is 16.3 Å². The Morgan fingerprint density at radius 1 is 1.20 bits per heavy atom. The Morgan fingerprint density at radius 2 is 1.75 bits per heavy atom. The third-order valence-electron chi connectivity index (χ3n) is 4.09. The van der Waals surface area contributed by atoms with Crippen LogP contribution in [-0.2, 0) is 4.53 Å². The molecule has 0 fully saturated rings. The van der Waals surface area contributed by atoms with Crippen molar-refractivity contribution in [3.8, 4) is 0 Å². The lowest BCUT2D eigenvalue weighted by Gasteiger charge is -2.33. The molecule has 0 saturated carbocycles. The molecule has 0 amide bonds. The zero-order chi connectivity index (χ0) is 15.4. The molecule has 0 aliphatic rings. The Hall–Kier alpha value is -0.803. The van der Waals surface area contributed by atoms with Gasteiger partial charge in [-0.25, -0.2) is 0 Å². The summed E-state index contributed by atoms with van der Waals surface area (Å²) in [6.45, 7) is 13.0. The first-order chi connectivity index (χ1) is 9.15. The van der Waals surface area contributed by atoms with Crippen molar-refractivity contribution >= 4 is 26.1 Å². The summed E-state index contributed by atoms with van der Waals surface area (Å²) in [5.74, 6) is 0.213. The molecule has 20 heavy (non-hydrogen) atoms. The molecule has 0 radical (unpaired) electrons. The normalized spacial score (nSPS) is 16.1. The largest absolute Gasteiger partial charge is 0.455 e. The smallest absolute Gasteiger partial charge is 0.286 e. The number of hydrogen-bond acceptors (Lipinski definition) is 2. The molecule has 4 heteroatoms. The van der Waals surface area contributed by atoms with Crippen molar-refractivity contribution < 1.29 is 4.53 Å². The number of benzene rings is 1. The first-order valence-electron chi connectivity index (χ1n) is 7.06. The molecule has 0 aliphatic carbocycles. The quantitative estimate of drug-likeness (QED) is 0.308. The lowest BCUT2D eigenvalue weighted by atomic mass is 9.98. The monoisotopic (exact) mass is 311 g/mol. The fraction of sp³-hybridized carbons (Fsp3) is 0.562. The summed E-state index contributed by atoms with van der Waals surface area (Å²) in [6, 6.07) is 10.2. The number of oxime groups is 1. The predicted octanol–water partition coefficient (Wildman–Crippen LogP) is 5.41. The van der Waals surface area contributed by atoms with E-state index in [1.165, 1.54) is 5.56 Å². The summed E-state index contributed by atoms with van der Waals surface area (Å²) in [4.78, 5) is 0. The average molecular weight is 312 g/mol. The third-order valence-corrected chi connectivity index (χ3v) is 8.76. The van der Waals surface area contributed by atoms with Gasteiger partial charge in [-0.3, -0.25) is 0 Å². The molecule has 1 aromatic rings. The van der Waals surface area contributed by atoms with Crippen molar-refractivity contribution in [3.63, 3.8) is 0 Å². The van der Waals surface area contributed by atoms with Crippen LogP contribution in [0.2, 0.25) is 18.1 Å². The lowest BCUT2D eigenvalue weighted by molar-refractivity contribution is 0.309. The standard InChI is InChI=1S/C16H26ClNOSi/c1-13(14-10-8-7-9-11-14)15(17)12-18-19-20(5,6)16(2,3)4/h7-13,15H,1-6H3/b18-12+/t13-,15?/m0/s1. The summed E-state index contributed by atoms with van der Waals surface area (Å²) in [5.41, 5.74) is 1.21. The van der Waals surface area contributed by atoms with Gasteiger partial charge in [0.25, 0.3) is 8.32 Å². The number of rotatable bonds is 5. The molecule has 0 spiro atoms. The number of alkyl halides is 1. The van der Waals surface area contributed by atoms with E-state index < -0.39 is 8.32 Å². The molecule has 0 heterocycles. The number of hydrogen-bond donors (Lipinski definition) is 0. The second-order valence-corrected chi connectivity index (χ2v) is 12.0. The summed E-state index contributed by atoms with van der Waals surface area (Å²) >= 11 is 6.40. The maximum Gasteiger partial charge on any atom is 0.286 e. The van der Waals surface area contributed by atoms with Crippen LogP contribution in [0.3, 0.4) is 0 Å². The molecule has 1 rings (SSSR count). The minimum absolute atomic E-state index is 0.150. The highest BCUT2D eigenvalue weighted by Gasteiger charge is 2.39. The molecular weight excluding hydrogens is 286 g/mol. The maximum absolute atomic E-state index is 6.40. The molecule has 0 N–H and O–H groups in total. The van der Waals surface area contributed by atoms with E-state index in [2.05, 4.69) is 58.1 Å². The van der Waals surface area contributed by atoms with E-state index in [1.54, 1.807) is 6.21 Å². The van der Waals surface area contributed by atoms with Crippen molar-refractivity contribution in [1.29, 1.82) is 0 Å². The van der Waals surface area contributed by atoms with Crippen molar-refractivity contribution in [2.45, 2.75) is 57.1 Å². The van der Waals surface area contributed by atoms with E-state index in [4.69, 9.17) is 16.1 Å². The van der Waals surface area contributed by atoms with Crippen LogP contribution in [0, 0.1) is 0 Å². The molecule has 0 bridgehead atoms. The second-order valence-electron chi connectivity index (χ2n) is 6.75. The van der Waals surface area contributed by atoms with Gasteiger partial charge >= 0.3 is 0 Å². The van der Waals surface area contributed by atoms with E-state index in [1.807, 2.05) is 18.2 Å². The summed E-state index contributed by atoms with van der Waals surface area (Å²) in [5, 5.41) is 4.15. The fourth-order valence-electron chi connectivity index (χ4n) is 1.43. The summed E-state index contributed by atoms with van der Waals surface area (Å²) in [7, 11) is -1.84. The second kappa shape index (κ2) is 6.77. The van der Waals surface area contributed by atoms with Crippen molar-refractivity contribution in [2.75, 3.05) is 0 Å². The Kier molecular flexibility index (Phi) is 5.84. The molecule has 0 saturated heterocycles. The van der Waals surface area contributed by atoms with Crippen molar-refractivity contribution in [2.24, 2.45) is 5.16 Å². The minimum atomic E-state index is -1.84. The molecule has 1 aromatic carbocycles. The molecule has 2 atom stereocenters. The van der Waals surface area contributed by atoms with Crippen LogP contribution in [0.1, 0.15) is 39.2 Å². The lowest BCUT2D eigenvalue weighted by Crippen LogP contribution is -2.39. The molecule has 0 aliphatic heterocycles. The van der Waals surface area contributed by atoms with Gasteiger partial charge in [0, 0.05) is 5.92 Å². The Morgan fingerprint density at radius 3 is 2.25 bits per heavy atom. The summed E-state index contributed by atoms with van der Waals surface area (Å²) < 4.78 is 5.77. The maximum atomic E-state index is 6.40. The minimum Gasteiger partial charge on any atom is -0.455 e. The molecule has 112 valence electrons. The summed E-state index contributed by atoms with van der Waals surface area (Å²) in [6.07, 6.45) is 1.72. The SMILES string of the molecule is C[C@@H](c1ccccc1)C(Cl)/C=N/O[Si](C)(C)C(C)(C)C. The van der Waals surface area contributed by atoms with Crippen LogP contribution in [0.15, 0.2) is 35.5 Å². The van der Waals surface area contributed by atoms with Gasteiger partial charge in [0.1, 0.15) is 0 Å². The zero-order valence-corrected chi connectivity index (χ0v) is 15.1. The van der Waals surface area contributed by atoms with Gasteiger partial charge in [0.15, 0.2) is 0 Å². The predicted molar refractivity (Wildman–Crippen MR) is 91.3 cm³/mol. The van der Waals surface area contributed by atoms with Crippen LogP contribution in [0.4, 0.5) is 0 Å². The Bertz CT molecular complexity index is 440. The third kappa shape index (κ3) is 4.64. The van der Waals surface area contributed by atoms with Gasteiger partial charge in [-0.05, 0) is 23.7 Å². The van der Waals surface area contributed by atoms with Gasteiger partial charge in [0.2, 0.25) is 0 Å². The Labute approximate surface area is 129 Å². The van der Waals surface area contributed by atoms with Crippen molar-refractivity contribution in [1.82, 2.24) is 0 Å². The highest BCUT2D eigenvalue weighted by atomic mass is 35.5. The van der Waals surface area contributed by atoms with Crippen LogP contribution in [0.25, 0.3) is 0 Å². The topological polar surface area (TPSA) is 21.6 Å². The van der Waals surface area contributed by atoms with Gasteiger partial charge in [-0.1, -0.05) is 58.0 Å². The fourth-order valence-corrected chi connectivity index (χ4v) is 2.22. The zero-order valence-electron chi connectivity index (χ0n) is 13.4. The van der Waals surface area contributed by atoms with Gasteiger partial charge in [0.05, 0.1) is 11.6 Å². The average Bonchev–Trinajstić information content (AvgIpc) is 2.37. The van der Waals surface area contributed by atoms with Crippen LogP contribution < -0.4 is 0 Å². The van der Waals surface area contributed by atoms with Gasteiger partial charge in [-0.15, -0.1) is 16.8 Å². The van der Waals surface area contributed by atoms with Crippen LogP contribution >= 0.6 is 11.6 Å². The molecular formula is C16H26ClNOSi. The molecule has 1 unspecified atom stereocenters. The van der Waals surface area contributed by atoms with Crippen LogP contribution in [0.5, 0.6) is 0 Å².